The fraction of sp³-hybridized carbons (Fsp3) is 0.588. The molecule has 2 fully saturated rings. The van der Waals surface area contributed by atoms with E-state index < -0.39 is 0 Å². The van der Waals surface area contributed by atoms with Gasteiger partial charge in [-0.05, 0) is 37.8 Å². The molecule has 130 valence electrons. The molecule has 2 heterocycles. The van der Waals surface area contributed by atoms with Crippen molar-refractivity contribution in [1.29, 1.82) is 0 Å². The van der Waals surface area contributed by atoms with Crippen molar-refractivity contribution in [3.63, 3.8) is 0 Å². The minimum absolute atomic E-state index is 0. The second-order valence-corrected chi connectivity index (χ2v) is 6.28. The van der Waals surface area contributed by atoms with Crippen molar-refractivity contribution in [2.75, 3.05) is 19.6 Å². The van der Waals surface area contributed by atoms with Gasteiger partial charge in [0, 0.05) is 25.7 Å². The van der Waals surface area contributed by atoms with Gasteiger partial charge in [0.15, 0.2) is 0 Å². The van der Waals surface area contributed by atoms with Crippen LogP contribution in [0.4, 0.5) is 0 Å². The largest absolute Gasteiger partial charge is 0.341 e. The Hall–Kier alpha value is -0.810. The van der Waals surface area contributed by atoms with Gasteiger partial charge in [-0.25, -0.2) is 0 Å². The van der Waals surface area contributed by atoms with Gasteiger partial charge in [0.05, 0.1) is 6.04 Å². The maximum absolute atomic E-state index is 12.8. The predicted octanol–water partition coefficient (Wildman–Crippen LogP) is 2.44. The van der Waals surface area contributed by atoms with Crippen LogP contribution in [0.1, 0.15) is 31.2 Å². The molecule has 2 N–H and O–H groups in total. The van der Waals surface area contributed by atoms with Gasteiger partial charge in [0.2, 0.25) is 5.91 Å². The summed E-state index contributed by atoms with van der Waals surface area (Å²) in [5, 5.41) is 0. The molecule has 0 saturated carbocycles. The van der Waals surface area contributed by atoms with Gasteiger partial charge in [0.1, 0.15) is 0 Å². The van der Waals surface area contributed by atoms with Crippen molar-refractivity contribution < 1.29 is 4.79 Å². The molecule has 1 aromatic carbocycles. The van der Waals surface area contributed by atoms with Crippen LogP contribution in [0.15, 0.2) is 30.3 Å². The molecule has 3 rings (SSSR count). The second-order valence-electron chi connectivity index (χ2n) is 6.28. The van der Waals surface area contributed by atoms with Gasteiger partial charge in [-0.3, -0.25) is 9.69 Å². The number of piperidine rings is 1. The smallest absolute Gasteiger partial charge is 0.239 e. The highest BCUT2D eigenvalue weighted by Crippen LogP contribution is 2.23. The van der Waals surface area contributed by atoms with Crippen molar-refractivity contribution in [1.82, 2.24) is 9.80 Å². The summed E-state index contributed by atoms with van der Waals surface area (Å²) in [5.74, 6) is 0.315. The number of nitrogens with zero attached hydrogens (tertiary/aromatic N) is 2. The standard InChI is InChI=1S/C17H25N3O.2ClH/c18-15-8-11-19(12-9-15)17(21)16-7-4-10-20(16)13-14-5-2-1-3-6-14;;/h1-3,5-6,15-16H,4,7-13,18H2;2*1H. The summed E-state index contributed by atoms with van der Waals surface area (Å²) in [6.07, 6.45) is 4.00. The Morgan fingerprint density at radius 2 is 1.70 bits per heavy atom. The summed E-state index contributed by atoms with van der Waals surface area (Å²) < 4.78 is 0. The number of hydrogen-bond donors (Lipinski definition) is 1. The lowest BCUT2D eigenvalue weighted by Gasteiger charge is -2.34. The first-order valence-corrected chi connectivity index (χ1v) is 8.06. The van der Waals surface area contributed by atoms with Gasteiger partial charge in [-0.1, -0.05) is 30.3 Å². The van der Waals surface area contributed by atoms with E-state index in [1.54, 1.807) is 0 Å². The number of nitrogens with two attached hydrogens (primary N) is 1. The van der Waals surface area contributed by atoms with Crippen LogP contribution in [0.3, 0.4) is 0 Å². The molecule has 1 unspecified atom stereocenters. The monoisotopic (exact) mass is 359 g/mol. The Balaban J connectivity index is 0.00000132. The molecule has 0 spiro atoms. The lowest BCUT2D eigenvalue weighted by atomic mass is 10.0. The molecule has 6 heteroatoms. The summed E-state index contributed by atoms with van der Waals surface area (Å²) in [4.78, 5) is 17.1. The molecule has 2 aliphatic rings. The third-order valence-corrected chi connectivity index (χ3v) is 4.73. The molecule has 0 radical (unpaired) electrons. The predicted molar refractivity (Wildman–Crippen MR) is 98.2 cm³/mol. The molecule has 2 aliphatic heterocycles. The highest BCUT2D eigenvalue weighted by molar-refractivity contribution is 5.85. The molecule has 0 aromatic heterocycles. The molecule has 23 heavy (non-hydrogen) atoms. The number of amides is 1. The maximum atomic E-state index is 12.8. The second kappa shape index (κ2) is 9.48. The lowest BCUT2D eigenvalue weighted by Crippen LogP contribution is -2.50. The van der Waals surface area contributed by atoms with Gasteiger partial charge in [0.25, 0.3) is 0 Å². The Morgan fingerprint density at radius 3 is 2.35 bits per heavy atom. The molecule has 2 saturated heterocycles. The first-order valence-electron chi connectivity index (χ1n) is 8.06. The number of likely N-dealkylation sites (tertiary alicyclic amines) is 2. The van der Waals surface area contributed by atoms with Crippen LogP contribution >= 0.6 is 24.8 Å². The Kier molecular flexibility index (Phi) is 8.34. The van der Waals surface area contributed by atoms with Crippen LogP contribution in [0.5, 0.6) is 0 Å². The van der Waals surface area contributed by atoms with Crippen LogP contribution in [0.2, 0.25) is 0 Å². The van der Waals surface area contributed by atoms with E-state index in [9.17, 15) is 4.79 Å². The molecule has 0 aliphatic carbocycles. The molecule has 0 bridgehead atoms. The van der Waals surface area contributed by atoms with Crippen molar-refractivity contribution >= 4 is 30.7 Å². The van der Waals surface area contributed by atoms with E-state index in [1.165, 1.54) is 5.56 Å². The number of benzene rings is 1. The van der Waals surface area contributed by atoms with E-state index in [-0.39, 0.29) is 36.9 Å². The highest BCUT2D eigenvalue weighted by Gasteiger charge is 2.34. The van der Waals surface area contributed by atoms with Crippen LogP contribution < -0.4 is 5.73 Å². The van der Waals surface area contributed by atoms with E-state index in [2.05, 4.69) is 29.2 Å². The fourth-order valence-corrected chi connectivity index (χ4v) is 3.44. The molecule has 4 nitrogen and oxygen atoms in total. The van der Waals surface area contributed by atoms with Crippen LogP contribution in [0.25, 0.3) is 0 Å². The van der Waals surface area contributed by atoms with E-state index in [0.29, 0.717) is 5.91 Å². The number of carbonyl (C=O) groups excluding carboxylic acids is 1. The molecule has 1 aromatic rings. The zero-order chi connectivity index (χ0) is 14.7. The quantitative estimate of drug-likeness (QED) is 0.901. The molecule has 1 amide bonds. The third kappa shape index (κ3) is 5.08. The van der Waals surface area contributed by atoms with E-state index in [0.717, 1.165) is 51.9 Å². The highest BCUT2D eigenvalue weighted by atomic mass is 35.5. The van der Waals surface area contributed by atoms with Crippen LogP contribution in [0, 0.1) is 0 Å². The SMILES string of the molecule is Cl.Cl.NC1CCN(C(=O)C2CCCN2Cc2ccccc2)CC1. The van der Waals surface area contributed by atoms with Crippen LogP contribution in [-0.4, -0.2) is 47.4 Å². The Labute approximate surface area is 151 Å². The maximum Gasteiger partial charge on any atom is 0.239 e. The summed E-state index contributed by atoms with van der Waals surface area (Å²) >= 11 is 0. The van der Waals surface area contributed by atoms with E-state index in [4.69, 9.17) is 5.73 Å². The number of hydrogen-bond acceptors (Lipinski definition) is 3. The summed E-state index contributed by atoms with van der Waals surface area (Å²) in [7, 11) is 0. The van der Waals surface area contributed by atoms with Gasteiger partial charge < -0.3 is 10.6 Å². The first-order chi connectivity index (χ1) is 10.2. The molecular weight excluding hydrogens is 333 g/mol. The average Bonchev–Trinajstić information content (AvgIpc) is 2.96. The Morgan fingerprint density at radius 1 is 1.04 bits per heavy atom. The third-order valence-electron chi connectivity index (χ3n) is 4.73. The lowest BCUT2D eigenvalue weighted by molar-refractivity contribution is -0.137. The van der Waals surface area contributed by atoms with E-state index >= 15 is 0 Å². The first kappa shape index (κ1) is 20.2. The molecular formula is C17H27Cl2N3O. The summed E-state index contributed by atoms with van der Waals surface area (Å²) in [5.41, 5.74) is 7.22. The topological polar surface area (TPSA) is 49.6 Å². The van der Waals surface area contributed by atoms with Crippen molar-refractivity contribution in [2.45, 2.75) is 44.3 Å². The fourth-order valence-electron chi connectivity index (χ4n) is 3.44. The summed E-state index contributed by atoms with van der Waals surface area (Å²) in [6, 6.07) is 10.8. The zero-order valence-corrected chi connectivity index (χ0v) is 15.0. The number of carbonyl (C=O) groups is 1. The average molecular weight is 360 g/mol. The van der Waals surface area contributed by atoms with Gasteiger partial charge >= 0.3 is 0 Å². The van der Waals surface area contributed by atoms with Gasteiger partial charge in [-0.15, -0.1) is 24.8 Å². The van der Waals surface area contributed by atoms with E-state index in [1.807, 2.05) is 11.0 Å². The normalized spacial score (nSPS) is 22.3. The number of rotatable bonds is 3. The Bertz CT molecular complexity index is 478. The molecule has 1 atom stereocenters. The zero-order valence-electron chi connectivity index (χ0n) is 13.4. The van der Waals surface area contributed by atoms with Crippen molar-refractivity contribution in [3.05, 3.63) is 35.9 Å². The van der Waals surface area contributed by atoms with Crippen LogP contribution in [-0.2, 0) is 11.3 Å². The van der Waals surface area contributed by atoms with Crippen molar-refractivity contribution in [3.8, 4) is 0 Å². The van der Waals surface area contributed by atoms with Gasteiger partial charge in [-0.2, -0.15) is 0 Å². The summed E-state index contributed by atoms with van der Waals surface area (Å²) in [6.45, 7) is 3.56. The number of halogens is 2. The van der Waals surface area contributed by atoms with Crippen molar-refractivity contribution in [2.24, 2.45) is 5.73 Å². The minimum atomic E-state index is 0. The minimum Gasteiger partial charge on any atom is -0.341 e.